The minimum Gasteiger partial charge on any atom is -0.497 e. The quantitative estimate of drug-likeness (QED) is 0.875. The molecule has 1 aromatic rings. The van der Waals surface area contributed by atoms with E-state index in [4.69, 9.17) is 10.5 Å². The molecule has 1 heterocycles. The van der Waals surface area contributed by atoms with E-state index in [0.29, 0.717) is 6.54 Å². The van der Waals surface area contributed by atoms with Gasteiger partial charge in [-0.05, 0) is 37.1 Å². The van der Waals surface area contributed by atoms with Crippen molar-refractivity contribution in [2.75, 3.05) is 31.8 Å². The van der Waals surface area contributed by atoms with Gasteiger partial charge in [-0.3, -0.25) is 0 Å². The standard InChI is InChI=1S/C13H19FN2O/c1-17-12-5-3-11(4-6-12)16-8-2-7-13(15,9-14)10-16/h3-6H,2,7-10,15H2,1H3. The normalized spacial score (nSPS) is 24.8. The number of nitrogens with two attached hydrogens (primary N) is 1. The minimum atomic E-state index is -0.682. The Bertz CT molecular complexity index is 368. The molecule has 0 bridgehead atoms. The number of methoxy groups -OCH3 is 1. The Morgan fingerprint density at radius 3 is 2.71 bits per heavy atom. The van der Waals surface area contributed by atoms with Crippen LogP contribution >= 0.6 is 0 Å². The van der Waals surface area contributed by atoms with E-state index in [9.17, 15) is 4.39 Å². The Balaban J connectivity index is 2.10. The van der Waals surface area contributed by atoms with Crippen LogP contribution in [0.15, 0.2) is 24.3 Å². The molecule has 0 aromatic heterocycles. The van der Waals surface area contributed by atoms with E-state index < -0.39 is 12.2 Å². The maximum absolute atomic E-state index is 12.9. The first-order valence-electron chi connectivity index (χ1n) is 5.91. The van der Waals surface area contributed by atoms with Gasteiger partial charge in [0, 0.05) is 18.8 Å². The molecule has 1 saturated heterocycles. The molecule has 0 aliphatic carbocycles. The van der Waals surface area contributed by atoms with Gasteiger partial charge in [-0.15, -0.1) is 0 Å². The van der Waals surface area contributed by atoms with Crippen molar-refractivity contribution in [1.29, 1.82) is 0 Å². The largest absolute Gasteiger partial charge is 0.497 e. The van der Waals surface area contributed by atoms with E-state index in [1.165, 1.54) is 0 Å². The minimum absolute atomic E-state index is 0.459. The average Bonchev–Trinajstić information content (AvgIpc) is 2.39. The number of hydrogen-bond acceptors (Lipinski definition) is 3. The van der Waals surface area contributed by atoms with Crippen LogP contribution in [-0.4, -0.2) is 32.4 Å². The van der Waals surface area contributed by atoms with Crippen molar-refractivity contribution in [3.05, 3.63) is 24.3 Å². The van der Waals surface area contributed by atoms with Gasteiger partial charge in [-0.1, -0.05) is 0 Å². The van der Waals surface area contributed by atoms with Crippen molar-refractivity contribution < 1.29 is 9.13 Å². The van der Waals surface area contributed by atoms with Crippen molar-refractivity contribution in [2.45, 2.75) is 18.4 Å². The molecule has 0 amide bonds. The van der Waals surface area contributed by atoms with Crippen molar-refractivity contribution >= 4 is 5.69 Å². The van der Waals surface area contributed by atoms with Gasteiger partial charge in [0.2, 0.25) is 0 Å². The Morgan fingerprint density at radius 1 is 1.41 bits per heavy atom. The summed E-state index contributed by atoms with van der Waals surface area (Å²) in [4.78, 5) is 2.14. The summed E-state index contributed by atoms with van der Waals surface area (Å²) in [6, 6.07) is 7.81. The Labute approximate surface area is 101 Å². The van der Waals surface area contributed by atoms with E-state index in [1.807, 2.05) is 24.3 Å². The molecular formula is C13H19FN2O. The highest BCUT2D eigenvalue weighted by molar-refractivity contribution is 5.50. The number of alkyl halides is 1. The smallest absolute Gasteiger partial charge is 0.119 e. The second kappa shape index (κ2) is 4.92. The van der Waals surface area contributed by atoms with E-state index in [-0.39, 0.29) is 0 Å². The second-order valence-corrected chi connectivity index (χ2v) is 4.72. The Morgan fingerprint density at radius 2 is 2.12 bits per heavy atom. The first kappa shape index (κ1) is 12.2. The Kier molecular flexibility index (Phi) is 3.52. The summed E-state index contributed by atoms with van der Waals surface area (Å²) in [5.74, 6) is 0.829. The molecule has 0 spiro atoms. The lowest BCUT2D eigenvalue weighted by atomic mass is 9.91. The van der Waals surface area contributed by atoms with E-state index in [2.05, 4.69) is 4.90 Å². The average molecular weight is 238 g/mol. The number of ether oxygens (including phenoxy) is 1. The van der Waals surface area contributed by atoms with Crippen molar-refractivity contribution in [3.8, 4) is 5.75 Å². The monoisotopic (exact) mass is 238 g/mol. The molecule has 94 valence electrons. The van der Waals surface area contributed by atoms with E-state index >= 15 is 0 Å². The van der Waals surface area contributed by atoms with Gasteiger partial charge in [0.15, 0.2) is 0 Å². The number of piperidine rings is 1. The van der Waals surface area contributed by atoms with Gasteiger partial charge in [0.05, 0.1) is 12.6 Å². The fourth-order valence-electron chi connectivity index (χ4n) is 2.28. The first-order chi connectivity index (χ1) is 8.17. The summed E-state index contributed by atoms with van der Waals surface area (Å²) in [6.07, 6.45) is 1.70. The third-order valence-corrected chi connectivity index (χ3v) is 3.31. The molecule has 0 saturated carbocycles. The fraction of sp³-hybridized carbons (Fsp3) is 0.538. The van der Waals surface area contributed by atoms with Crippen LogP contribution in [0.4, 0.5) is 10.1 Å². The first-order valence-corrected chi connectivity index (χ1v) is 5.91. The zero-order chi connectivity index (χ0) is 12.3. The van der Waals surface area contributed by atoms with Crippen LogP contribution < -0.4 is 15.4 Å². The van der Waals surface area contributed by atoms with E-state index in [1.54, 1.807) is 7.11 Å². The predicted molar refractivity (Wildman–Crippen MR) is 67.3 cm³/mol. The van der Waals surface area contributed by atoms with Crippen LogP contribution in [0.2, 0.25) is 0 Å². The molecule has 1 atom stereocenters. The molecule has 1 aliphatic rings. The van der Waals surface area contributed by atoms with Crippen molar-refractivity contribution in [1.82, 2.24) is 0 Å². The maximum Gasteiger partial charge on any atom is 0.119 e. The molecule has 2 rings (SSSR count). The van der Waals surface area contributed by atoms with Crippen LogP contribution in [0.5, 0.6) is 5.75 Å². The summed E-state index contributed by atoms with van der Waals surface area (Å²) in [7, 11) is 1.64. The van der Waals surface area contributed by atoms with Crippen molar-refractivity contribution in [3.63, 3.8) is 0 Å². The number of anilines is 1. The maximum atomic E-state index is 12.9. The van der Waals surface area contributed by atoms with Crippen LogP contribution in [0, 0.1) is 0 Å². The lowest BCUT2D eigenvalue weighted by Gasteiger charge is -2.39. The third-order valence-electron chi connectivity index (χ3n) is 3.31. The number of benzene rings is 1. The van der Waals surface area contributed by atoms with Gasteiger partial charge >= 0.3 is 0 Å². The van der Waals surface area contributed by atoms with Gasteiger partial charge in [-0.25, -0.2) is 4.39 Å². The molecule has 0 radical (unpaired) electrons. The van der Waals surface area contributed by atoms with Crippen LogP contribution in [-0.2, 0) is 0 Å². The zero-order valence-electron chi connectivity index (χ0n) is 10.2. The number of halogens is 1. The van der Waals surface area contributed by atoms with Gasteiger partial charge in [-0.2, -0.15) is 0 Å². The van der Waals surface area contributed by atoms with Gasteiger partial charge in [0.25, 0.3) is 0 Å². The molecule has 1 fully saturated rings. The lowest BCUT2D eigenvalue weighted by molar-refractivity contribution is 0.264. The molecule has 3 nitrogen and oxygen atoms in total. The van der Waals surface area contributed by atoms with Gasteiger partial charge in [0.1, 0.15) is 12.4 Å². The summed E-state index contributed by atoms with van der Waals surface area (Å²) < 4.78 is 18.0. The molecular weight excluding hydrogens is 219 g/mol. The predicted octanol–water partition coefficient (Wildman–Crippen LogP) is 1.96. The highest BCUT2D eigenvalue weighted by atomic mass is 19.1. The molecule has 4 heteroatoms. The SMILES string of the molecule is COc1ccc(N2CCCC(N)(CF)C2)cc1. The number of hydrogen-bond donors (Lipinski definition) is 1. The Hall–Kier alpha value is -1.29. The van der Waals surface area contributed by atoms with Crippen molar-refractivity contribution in [2.24, 2.45) is 5.73 Å². The summed E-state index contributed by atoms with van der Waals surface area (Å²) >= 11 is 0. The molecule has 1 aliphatic heterocycles. The number of nitrogens with zero attached hydrogens (tertiary/aromatic N) is 1. The zero-order valence-corrected chi connectivity index (χ0v) is 10.2. The number of rotatable bonds is 3. The lowest BCUT2D eigenvalue weighted by Crippen LogP contribution is -2.56. The molecule has 17 heavy (non-hydrogen) atoms. The van der Waals surface area contributed by atoms with Crippen LogP contribution in [0.3, 0.4) is 0 Å². The van der Waals surface area contributed by atoms with E-state index in [0.717, 1.165) is 30.8 Å². The van der Waals surface area contributed by atoms with Crippen LogP contribution in [0.1, 0.15) is 12.8 Å². The summed E-state index contributed by atoms with van der Waals surface area (Å²) in [5, 5.41) is 0. The van der Waals surface area contributed by atoms with Crippen LogP contribution in [0.25, 0.3) is 0 Å². The third kappa shape index (κ3) is 2.69. The summed E-state index contributed by atoms with van der Waals surface area (Å²) in [5.41, 5.74) is 6.40. The topological polar surface area (TPSA) is 38.5 Å². The second-order valence-electron chi connectivity index (χ2n) is 4.72. The highest BCUT2D eigenvalue weighted by Gasteiger charge is 2.31. The summed E-state index contributed by atoms with van der Waals surface area (Å²) in [6.45, 7) is 1.06. The highest BCUT2D eigenvalue weighted by Crippen LogP contribution is 2.26. The van der Waals surface area contributed by atoms with Gasteiger partial charge < -0.3 is 15.4 Å². The molecule has 1 aromatic carbocycles. The fourth-order valence-corrected chi connectivity index (χ4v) is 2.28. The molecule has 1 unspecified atom stereocenters. The molecule has 2 N–H and O–H groups in total.